The molecule has 0 unspecified atom stereocenters. The standard InChI is InChI=1S/C12H13N5/c13-12-16-10(6-8-2-1-5-14-7-8)15-11(17-12)9-3-4-9/h1-2,5,7,9H,3-4,6H2,(H2,13,15,16,17). The highest BCUT2D eigenvalue weighted by Crippen LogP contribution is 2.38. The van der Waals surface area contributed by atoms with Crippen molar-refractivity contribution in [3.05, 3.63) is 41.7 Å². The van der Waals surface area contributed by atoms with Crippen LogP contribution >= 0.6 is 0 Å². The molecule has 2 aromatic rings. The summed E-state index contributed by atoms with van der Waals surface area (Å²) in [5, 5.41) is 0. The number of aromatic nitrogens is 4. The summed E-state index contributed by atoms with van der Waals surface area (Å²) in [6.07, 6.45) is 6.55. The van der Waals surface area contributed by atoms with Crippen LogP contribution in [0.3, 0.4) is 0 Å². The zero-order valence-corrected chi connectivity index (χ0v) is 9.37. The Morgan fingerprint density at radius 3 is 2.82 bits per heavy atom. The van der Waals surface area contributed by atoms with E-state index in [2.05, 4.69) is 19.9 Å². The molecular formula is C12H13N5. The zero-order valence-electron chi connectivity index (χ0n) is 9.37. The molecule has 0 radical (unpaired) electrons. The topological polar surface area (TPSA) is 77.6 Å². The molecule has 0 spiro atoms. The minimum atomic E-state index is 0.320. The molecule has 86 valence electrons. The third-order valence-electron chi connectivity index (χ3n) is 2.74. The normalized spacial score (nSPS) is 14.8. The minimum Gasteiger partial charge on any atom is -0.368 e. The van der Waals surface area contributed by atoms with Gasteiger partial charge in [-0.15, -0.1) is 0 Å². The predicted octanol–water partition coefficient (Wildman–Crippen LogP) is 1.32. The SMILES string of the molecule is Nc1nc(Cc2cccnc2)nc(C2CC2)n1. The van der Waals surface area contributed by atoms with E-state index in [1.807, 2.05) is 18.3 Å². The van der Waals surface area contributed by atoms with Gasteiger partial charge in [-0.25, -0.2) is 4.98 Å². The van der Waals surface area contributed by atoms with Crippen LogP contribution in [0, 0.1) is 0 Å². The van der Waals surface area contributed by atoms with Gasteiger partial charge in [0.15, 0.2) is 0 Å². The van der Waals surface area contributed by atoms with E-state index in [0.717, 1.165) is 30.1 Å². The van der Waals surface area contributed by atoms with Crippen LogP contribution < -0.4 is 5.73 Å². The summed E-state index contributed by atoms with van der Waals surface area (Å²) in [5.74, 6) is 2.39. The largest absolute Gasteiger partial charge is 0.368 e. The third kappa shape index (κ3) is 2.38. The smallest absolute Gasteiger partial charge is 0.223 e. The maximum Gasteiger partial charge on any atom is 0.223 e. The Hall–Kier alpha value is -2.04. The van der Waals surface area contributed by atoms with Crippen LogP contribution in [0.25, 0.3) is 0 Å². The first-order valence-corrected chi connectivity index (χ1v) is 5.70. The van der Waals surface area contributed by atoms with Crippen LogP contribution in [0.2, 0.25) is 0 Å². The van der Waals surface area contributed by atoms with Crippen molar-refractivity contribution in [3.63, 3.8) is 0 Å². The third-order valence-corrected chi connectivity index (χ3v) is 2.74. The molecule has 3 rings (SSSR count). The lowest BCUT2D eigenvalue weighted by molar-refractivity contribution is 0.837. The lowest BCUT2D eigenvalue weighted by atomic mass is 10.2. The Bertz CT molecular complexity index is 522. The zero-order chi connectivity index (χ0) is 11.7. The van der Waals surface area contributed by atoms with E-state index in [-0.39, 0.29) is 0 Å². The average Bonchev–Trinajstić information content (AvgIpc) is 3.13. The Labute approximate surface area is 99.2 Å². The summed E-state index contributed by atoms with van der Waals surface area (Å²) >= 11 is 0. The van der Waals surface area contributed by atoms with E-state index in [1.54, 1.807) is 6.20 Å². The molecule has 0 amide bonds. The van der Waals surface area contributed by atoms with E-state index in [0.29, 0.717) is 18.3 Å². The van der Waals surface area contributed by atoms with Crippen LogP contribution in [0.15, 0.2) is 24.5 Å². The highest BCUT2D eigenvalue weighted by atomic mass is 15.1. The number of nitrogen functional groups attached to an aromatic ring is 1. The Kier molecular flexibility index (Phi) is 2.44. The van der Waals surface area contributed by atoms with Crippen LogP contribution in [-0.4, -0.2) is 19.9 Å². The quantitative estimate of drug-likeness (QED) is 0.855. The van der Waals surface area contributed by atoms with Gasteiger partial charge in [-0.1, -0.05) is 6.07 Å². The van der Waals surface area contributed by atoms with E-state index >= 15 is 0 Å². The lowest BCUT2D eigenvalue weighted by Gasteiger charge is -2.03. The maximum atomic E-state index is 5.70. The molecule has 0 atom stereocenters. The molecule has 1 fully saturated rings. The Balaban J connectivity index is 1.87. The molecule has 0 aliphatic heterocycles. The van der Waals surface area contributed by atoms with Crippen LogP contribution in [0.1, 0.15) is 36.0 Å². The molecule has 5 nitrogen and oxygen atoms in total. The van der Waals surface area contributed by atoms with Crippen molar-refractivity contribution < 1.29 is 0 Å². The molecule has 1 aliphatic carbocycles. The molecule has 2 N–H and O–H groups in total. The molecule has 17 heavy (non-hydrogen) atoms. The molecule has 0 bridgehead atoms. The number of pyridine rings is 1. The van der Waals surface area contributed by atoms with E-state index in [1.165, 1.54) is 0 Å². The van der Waals surface area contributed by atoms with Gasteiger partial charge in [0, 0.05) is 24.7 Å². The fourth-order valence-corrected chi connectivity index (χ4v) is 1.75. The number of nitrogens with zero attached hydrogens (tertiary/aromatic N) is 4. The first-order chi connectivity index (χ1) is 8.31. The van der Waals surface area contributed by atoms with Crippen molar-refractivity contribution in [2.24, 2.45) is 0 Å². The van der Waals surface area contributed by atoms with E-state index in [9.17, 15) is 0 Å². The van der Waals surface area contributed by atoms with Gasteiger partial charge in [-0.05, 0) is 24.5 Å². The molecule has 1 saturated carbocycles. The number of hydrogen-bond acceptors (Lipinski definition) is 5. The number of nitrogens with two attached hydrogens (primary N) is 1. The van der Waals surface area contributed by atoms with Gasteiger partial charge in [0.1, 0.15) is 11.6 Å². The summed E-state index contributed by atoms with van der Waals surface area (Å²) in [5.41, 5.74) is 6.78. The van der Waals surface area contributed by atoms with Crippen LogP contribution in [0.5, 0.6) is 0 Å². The number of rotatable bonds is 3. The fraction of sp³-hybridized carbons (Fsp3) is 0.333. The van der Waals surface area contributed by atoms with Gasteiger partial charge in [0.05, 0.1) is 0 Å². The Morgan fingerprint density at radius 1 is 1.24 bits per heavy atom. The average molecular weight is 227 g/mol. The second-order valence-electron chi connectivity index (χ2n) is 4.28. The summed E-state index contributed by atoms with van der Waals surface area (Å²) in [4.78, 5) is 16.9. The summed E-state index contributed by atoms with van der Waals surface area (Å²) in [6.45, 7) is 0. The van der Waals surface area contributed by atoms with Crippen molar-refractivity contribution in [2.45, 2.75) is 25.2 Å². The Morgan fingerprint density at radius 2 is 2.12 bits per heavy atom. The van der Waals surface area contributed by atoms with E-state index < -0.39 is 0 Å². The predicted molar refractivity (Wildman–Crippen MR) is 63.3 cm³/mol. The lowest BCUT2D eigenvalue weighted by Crippen LogP contribution is -2.07. The van der Waals surface area contributed by atoms with Crippen molar-refractivity contribution in [1.82, 2.24) is 19.9 Å². The molecular weight excluding hydrogens is 214 g/mol. The summed E-state index contributed by atoms with van der Waals surface area (Å²) in [7, 11) is 0. The summed E-state index contributed by atoms with van der Waals surface area (Å²) < 4.78 is 0. The van der Waals surface area contributed by atoms with Gasteiger partial charge in [0.25, 0.3) is 0 Å². The van der Waals surface area contributed by atoms with Crippen molar-refractivity contribution in [2.75, 3.05) is 5.73 Å². The van der Waals surface area contributed by atoms with Gasteiger partial charge < -0.3 is 5.73 Å². The van der Waals surface area contributed by atoms with Gasteiger partial charge in [0.2, 0.25) is 5.95 Å². The molecule has 0 aromatic carbocycles. The molecule has 1 aliphatic rings. The minimum absolute atomic E-state index is 0.320. The number of anilines is 1. The maximum absolute atomic E-state index is 5.70. The fourth-order valence-electron chi connectivity index (χ4n) is 1.75. The highest BCUT2D eigenvalue weighted by Gasteiger charge is 2.27. The molecule has 0 saturated heterocycles. The van der Waals surface area contributed by atoms with Crippen molar-refractivity contribution >= 4 is 5.95 Å². The van der Waals surface area contributed by atoms with Crippen LogP contribution in [0.4, 0.5) is 5.95 Å². The first-order valence-electron chi connectivity index (χ1n) is 5.70. The van der Waals surface area contributed by atoms with Crippen molar-refractivity contribution in [1.29, 1.82) is 0 Å². The van der Waals surface area contributed by atoms with Crippen molar-refractivity contribution in [3.8, 4) is 0 Å². The molecule has 2 heterocycles. The first kappa shape index (κ1) is 10.1. The summed E-state index contributed by atoms with van der Waals surface area (Å²) in [6, 6.07) is 3.91. The second kappa shape index (κ2) is 4.08. The highest BCUT2D eigenvalue weighted by molar-refractivity contribution is 5.22. The molecule has 5 heteroatoms. The van der Waals surface area contributed by atoms with Crippen LogP contribution in [-0.2, 0) is 6.42 Å². The second-order valence-corrected chi connectivity index (χ2v) is 4.28. The number of hydrogen-bond donors (Lipinski definition) is 1. The van der Waals surface area contributed by atoms with Gasteiger partial charge in [-0.2, -0.15) is 9.97 Å². The molecule has 2 aromatic heterocycles. The van der Waals surface area contributed by atoms with Gasteiger partial charge >= 0.3 is 0 Å². The van der Waals surface area contributed by atoms with E-state index in [4.69, 9.17) is 5.73 Å². The monoisotopic (exact) mass is 227 g/mol. The van der Waals surface area contributed by atoms with Gasteiger partial charge in [-0.3, -0.25) is 4.98 Å².